The van der Waals surface area contributed by atoms with E-state index in [4.69, 9.17) is 10.3 Å². The van der Waals surface area contributed by atoms with Crippen LogP contribution in [0, 0.1) is 19.7 Å². The summed E-state index contributed by atoms with van der Waals surface area (Å²) in [7, 11) is 1.56. The van der Waals surface area contributed by atoms with E-state index in [1.807, 2.05) is 41.8 Å². The molecule has 2 amide bonds. The highest BCUT2D eigenvalue weighted by molar-refractivity contribution is 6.11. The van der Waals surface area contributed by atoms with E-state index < -0.39 is 17.6 Å². The number of benzene rings is 2. The Labute approximate surface area is 221 Å². The van der Waals surface area contributed by atoms with Crippen molar-refractivity contribution in [2.45, 2.75) is 27.3 Å². The molecule has 0 unspecified atom stereocenters. The van der Waals surface area contributed by atoms with E-state index in [-0.39, 0.29) is 22.5 Å². The van der Waals surface area contributed by atoms with E-state index in [9.17, 15) is 18.8 Å². The maximum Gasteiger partial charge on any atom is 0.290 e. The number of primary amides is 1. The van der Waals surface area contributed by atoms with Gasteiger partial charge in [-0.05, 0) is 50.1 Å². The molecule has 11 heteroatoms. The highest BCUT2D eigenvalue weighted by atomic mass is 19.1. The summed E-state index contributed by atoms with van der Waals surface area (Å²) in [4.78, 5) is 46.2. The third-order valence-electron chi connectivity index (χ3n) is 6.50. The fourth-order valence-corrected chi connectivity index (χ4v) is 4.74. The number of anilines is 1. The number of carbonyl (C=O) groups excluding carboxylic acids is 2. The fourth-order valence-electron chi connectivity index (χ4n) is 4.74. The number of nitrogens with two attached hydrogens (primary N) is 1. The van der Waals surface area contributed by atoms with Gasteiger partial charge in [0.1, 0.15) is 11.6 Å². The zero-order chi connectivity index (χ0) is 28.0. The Morgan fingerprint density at radius 2 is 1.77 bits per heavy atom. The summed E-state index contributed by atoms with van der Waals surface area (Å²) in [6.07, 6.45) is 0. The van der Waals surface area contributed by atoms with Gasteiger partial charge < -0.3 is 20.1 Å². The molecule has 0 bridgehead atoms. The maximum atomic E-state index is 14.8. The van der Waals surface area contributed by atoms with E-state index in [0.717, 1.165) is 16.8 Å². The topological polar surface area (TPSA) is 138 Å². The van der Waals surface area contributed by atoms with Crippen molar-refractivity contribution in [3.05, 3.63) is 87.5 Å². The van der Waals surface area contributed by atoms with Crippen LogP contribution in [-0.4, -0.2) is 31.1 Å². The first-order valence-corrected chi connectivity index (χ1v) is 12.2. The van der Waals surface area contributed by atoms with Crippen molar-refractivity contribution in [2.24, 2.45) is 12.8 Å². The molecule has 3 heterocycles. The summed E-state index contributed by atoms with van der Waals surface area (Å²) < 4.78 is 23.3. The number of amides is 2. The van der Waals surface area contributed by atoms with Gasteiger partial charge in [0, 0.05) is 13.6 Å². The molecule has 0 atom stereocenters. The SMILES string of the molecule is CCn1c(-c2ccc(-c3c(C)on(C)c3=O)cc2)cc2nc(C)nc(C(=O)Nc3cccc(C(N)=O)c3F)c21. The van der Waals surface area contributed by atoms with E-state index in [1.54, 1.807) is 20.9 Å². The summed E-state index contributed by atoms with van der Waals surface area (Å²) in [6.45, 7) is 5.81. The lowest BCUT2D eigenvalue weighted by molar-refractivity contribution is 0.0991. The van der Waals surface area contributed by atoms with Crippen molar-refractivity contribution in [1.82, 2.24) is 19.3 Å². The molecule has 0 fully saturated rings. The van der Waals surface area contributed by atoms with Crippen molar-refractivity contribution in [1.29, 1.82) is 0 Å². The van der Waals surface area contributed by atoms with E-state index in [0.29, 0.717) is 34.7 Å². The number of halogens is 1. The summed E-state index contributed by atoms with van der Waals surface area (Å²) in [6, 6.07) is 13.3. The normalized spacial score (nSPS) is 11.2. The zero-order valence-electron chi connectivity index (χ0n) is 21.7. The largest absolute Gasteiger partial charge is 0.381 e. The third kappa shape index (κ3) is 4.37. The maximum absolute atomic E-state index is 14.8. The Balaban J connectivity index is 1.58. The lowest BCUT2D eigenvalue weighted by Gasteiger charge is -2.12. The standard InChI is InChI=1S/C28H25FN6O4/c1-5-35-21(16-9-11-17(12-10-16)22-14(2)39-34(4)28(22)38)13-20-25(35)24(32-15(3)31-20)27(37)33-19-8-6-7-18(23(19)29)26(30)36/h6-13H,5H2,1-4H3,(H2,30,36)(H,33,37). The van der Waals surface area contributed by atoms with Gasteiger partial charge in [-0.15, -0.1) is 0 Å². The lowest BCUT2D eigenvalue weighted by atomic mass is 10.0. The van der Waals surface area contributed by atoms with Gasteiger partial charge in [0.05, 0.1) is 33.5 Å². The Morgan fingerprint density at radius 3 is 2.38 bits per heavy atom. The van der Waals surface area contributed by atoms with Crippen LogP contribution in [0.15, 0.2) is 57.8 Å². The predicted molar refractivity (Wildman–Crippen MR) is 144 cm³/mol. The minimum atomic E-state index is -0.942. The van der Waals surface area contributed by atoms with Gasteiger partial charge in [-0.25, -0.2) is 14.4 Å². The van der Waals surface area contributed by atoms with Gasteiger partial charge in [0.15, 0.2) is 11.5 Å². The summed E-state index contributed by atoms with van der Waals surface area (Å²) in [5.74, 6) is -1.64. The molecule has 10 nitrogen and oxygen atoms in total. The molecule has 5 rings (SSSR count). The number of nitrogens with one attached hydrogen (secondary N) is 1. The number of aromatic nitrogens is 4. The van der Waals surface area contributed by atoms with Crippen molar-refractivity contribution >= 4 is 28.5 Å². The Hall–Kier alpha value is -5.06. The number of aryl methyl sites for hydroxylation is 4. The molecular formula is C28H25FN6O4. The molecule has 0 spiro atoms. The van der Waals surface area contributed by atoms with Gasteiger partial charge in [0.2, 0.25) is 0 Å². The highest BCUT2D eigenvalue weighted by Crippen LogP contribution is 2.31. The molecule has 39 heavy (non-hydrogen) atoms. The molecule has 198 valence electrons. The molecule has 0 aliphatic heterocycles. The van der Waals surface area contributed by atoms with E-state index in [1.165, 1.54) is 22.9 Å². The smallest absolute Gasteiger partial charge is 0.290 e. The Kier molecular flexibility index (Phi) is 6.35. The number of hydrogen-bond donors (Lipinski definition) is 2. The first kappa shape index (κ1) is 25.6. The molecule has 0 aliphatic carbocycles. The molecule has 3 N–H and O–H groups in total. The molecule has 0 aliphatic rings. The molecule has 0 radical (unpaired) electrons. The van der Waals surface area contributed by atoms with Crippen molar-refractivity contribution < 1.29 is 18.5 Å². The van der Waals surface area contributed by atoms with Gasteiger partial charge in [0.25, 0.3) is 17.4 Å². The van der Waals surface area contributed by atoms with Gasteiger partial charge in [-0.1, -0.05) is 30.3 Å². The van der Waals surface area contributed by atoms with Crippen molar-refractivity contribution in [2.75, 3.05) is 5.32 Å². The van der Waals surface area contributed by atoms with Crippen LogP contribution in [0.1, 0.15) is 39.4 Å². The minimum Gasteiger partial charge on any atom is -0.381 e. The van der Waals surface area contributed by atoms with Crippen LogP contribution in [0.4, 0.5) is 10.1 Å². The Morgan fingerprint density at radius 1 is 1.08 bits per heavy atom. The average Bonchev–Trinajstić information content (AvgIpc) is 3.39. The molecule has 0 saturated heterocycles. The van der Waals surface area contributed by atoms with E-state index in [2.05, 4.69) is 15.3 Å². The molecular weight excluding hydrogens is 503 g/mol. The molecule has 5 aromatic rings. The van der Waals surface area contributed by atoms with Crippen molar-refractivity contribution in [3.63, 3.8) is 0 Å². The van der Waals surface area contributed by atoms with Crippen LogP contribution in [0.5, 0.6) is 0 Å². The molecule has 2 aromatic carbocycles. The third-order valence-corrected chi connectivity index (χ3v) is 6.50. The van der Waals surface area contributed by atoms with Crippen LogP contribution in [-0.2, 0) is 13.6 Å². The van der Waals surface area contributed by atoms with Crippen molar-refractivity contribution in [3.8, 4) is 22.4 Å². The van der Waals surface area contributed by atoms with Gasteiger partial charge in [-0.3, -0.25) is 14.4 Å². The van der Waals surface area contributed by atoms with Crippen LogP contribution in [0.2, 0.25) is 0 Å². The second-order valence-electron chi connectivity index (χ2n) is 9.02. The van der Waals surface area contributed by atoms with Gasteiger partial charge >= 0.3 is 0 Å². The number of rotatable bonds is 6. The number of carbonyl (C=O) groups is 2. The average molecular weight is 529 g/mol. The van der Waals surface area contributed by atoms with Crippen LogP contribution in [0.25, 0.3) is 33.4 Å². The first-order chi connectivity index (χ1) is 18.6. The van der Waals surface area contributed by atoms with Crippen LogP contribution < -0.4 is 16.6 Å². The fraction of sp³-hybridized carbons (Fsp3) is 0.179. The first-order valence-electron chi connectivity index (χ1n) is 12.2. The number of hydrogen-bond acceptors (Lipinski definition) is 6. The summed E-state index contributed by atoms with van der Waals surface area (Å²) in [5.41, 5.74) is 8.41. The second-order valence-corrected chi connectivity index (χ2v) is 9.02. The molecule has 0 saturated carbocycles. The quantitative estimate of drug-likeness (QED) is 0.339. The summed E-state index contributed by atoms with van der Waals surface area (Å²) in [5, 5.41) is 2.51. The summed E-state index contributed by atoms with van der Waals surface area (Å²) >= 11 is 0. The minimum absolute atomic E-state index is 0.0589. The van der Waals surface area contributed by atoms with E-state index >= 15 is 0 Å². The van der Waals surface area contributed by atoms with Crippen LogP contribution in [0.3, 0.4) is 0 Å². The second kappa shape index (κ2) is 9.67. The van der Waals surface area contributed by atoms with Gasteiger partial charge in [-0.2, -0.15) is 4.74 Å². The lowest BCUT2D eigenvalue weighted by Crippen LogP contribution is -2.19. The monoisotopic (exact) mass is 528 g/mol. The number of nitrogens with zero attached hydrogens (tertiary/aromatic N) is 4. The Bertz CT molecular complexity index is 1830. The molecule has 3 aromatic heterocycles. The number of fused-ring (bicyclic) bond motifs is 1. The highest BCUT2D eigenvalue weighted by Gasteiger charge is 2.23. The van der Waals surface area contributed by atoms with Crippen LogP contribution >= 0.6 is 0 Å². The predicted octanol–water partition coefficient (Wildman–Crippen LogP) is 4.18. The zero-order valence-corrected chi connectivity index (χ0v) is 21.7.